The van der Waals surface area contributed by atoms with Crippen LogP contribution in [0.3, 0.4) is 0 Å². The third kappa shape index (κ3) is 4.06. The molecule has 2 heterocycles. The van der Waals surface area contributed by atoms with Crippen LogP contribution in [0.25, 0.3) is 5.69 Å². The fraction of sp³-hybridized carbons (Fsp3) is 0.476. The van der Waals surface area contributed by atoms with Crippen LogP contribution >= 0.6 is 0 Å². The first-order valence-electron chi connectivity index (χ1n) is 10.1. The van der Waals surface area contributed by atoms with Gasteiger partial charge in [-0.15, -0.1) is 0 Å². The highest BCUT2D eigenvalue weighted by molar-refractivity contribution is 5.92. The zero-order valence-corrected chi connectivity index (χ0v) is 16.8. The van der Waals surface area contributed by atoms with Gasteiger partial charge in [-0.2, -0.15) is 5.10 Å². The molecule has 2 aliphatic rings. The number of methoxy groups -OCH3 is 1. The van der Waals surface area contributed by atoms with E-state index in [-0.39, 0.29) is 12.0 Å². The van der Waals surface area contributed by atoms with Gasteiger partial charge < -0.3 is 19.3 Å². The molecule has 0 spiro atoms. The van der Waals surface area contributed by atoms with Gasteiger partial charge in [0.25, 0.3) is 5.91 Å². The summed E-state index contributed by atoms with van der Waals surface area (Å²) in [6.45, 7) is 4.04. The van der Waals surface area contributed by atoms with Crippen molar-refractivity contribution >= 4 is 12.0 Å². The van der Waals surface area contributed by atoms with E-state index in [2.05, 4.69) is 5.10 Å². The number of amides is 2. The number of carbonyl (C=O) groups excluding carboxylic acids is 2. The van der Waals surface area contributed by atoms with Crippen molar-refractivity contribution < 1.29 is 19.1 Å². The van der Waals surface area contributed by atoms with Crippen molar-refractivity contribution in [3.05, 3.63) is 41.7 Å². The van der Waals surface area contributed by atoms with E-state index in [1.54, 1.807) is 23.8 Å². The Hall–Kier alpha value is -3.03. The lowest BCUT2D eigenvalue weighted by Gasteiger charge is -2.33. The number of hydrogen-bond donors (Lipinski definition) is 0. The molecule has 1 aromatic carbocycles. The third-order valence-corrected chi connectivity index (χ3v) is 5.36. The first-order valence-corrected chi connectivity index (χ1v) is 10.1. The first-order chi connectivity index (χ1) is 14.1. The molecule has 1 saturated carbocycles. The van der Waals surface area contributed by atoms with Crippen LogP contribution in [0.5, 0.6) is 5.75 Å². The first kappa shape index (κ1) is 19.3. The molecule has 2 fully saturated rings. The molecular formula is C21H26N4O4. The van der Waals surface area contributed by atoms with E-state index in [1.165, 1.54) is 0 Å². The Labute approximate surface area is 170 Å². The zero-order valence-electron chi connectivity index (χ0n) is 16.8. The molecular weight excluding hydrogens is 372 g/mol. The number of piperazine rings is 1. The quantitative estimate of drug-likeness (QED) is 0.774. The second-order valence-electron chi connectivity index (χ2n) is 7.32. The lowest BCUT2D eigenvalue weighted by atomic mass is 10.2. The number of aromatic nitrogens is 2. The van der Waals surface area contributed by atoms with Crippen molar-refractivity contribution in [2.45, 2.75) is 25.7 Å². The molecule has 4 rings (SSSR count). The Bertz CT molecular complexity index is 881. The molecule has 1 aliphatic carbocycles. The summed E-state index contributed by atoms with van der Waals surface area (Å²) in [4.78, 5) is 28.3. The molecule has 1 aliphatic heterocycles. The highest BCUT2D eigenvalue weighted by Gasteiger charge is 2.32. The minimum absolute atomic E-state index is 0.0947. The zero-order chi connectivity index (χ0) is 20.4. The molecule has 154 valence electrons. The monoisotopic (exact) mass is 398 g/mol. The van der Waals surface area contributed by atoms with E-state index in [4.69, 9.17) is 9.47 Å². The molecule has 0 radical (unpaired) electrons. The summed E-state index contributed by atoms with van der Waals surface area (Å²) in [5.74, 6) is 1.14. The third-order valence-electron chi connectivity index (χ3n) is 5.36. The standard InChI is InChI=1S/C21H26N4O4/c1-3-29-21(27)24-12-10-23(11-13-24)20(26)18-14-19(15-4-5-15)25(22-18)16-6-8-17(28-2)9-7-16/h6-9,14-15H,3-5,10-13H2,1-2H3. The Balaban J connectivity index is 1.50. The van der Waals surface area contributed by atoms with Gasteiger partial charge in [-0.3, -0.25) is 4.79 Å². The van der Waals surface area contributed by atoms with Crippen LogP contribution < -0.4 is 4.74 Å². The van der Waals surface area contributed by atoms with Gasteiger partial charge in [0.15, 0.2) is 5.69 Å². The molecule has 0 atom stereocenters. The molecule has 0 unspecified atom stereocenters. The SMILES string of the molecule is CCOC(=O)N1CCN(C(=O)c2cc(C3CC3)n(-c3ccc(OC)cc3)n2)CC1. The van der Waals surface area contributed by atoms with Crippen molar-refractivity contribution in [3.63, 3.8) is 0 Å². The predicted octanol–water partition coefficient (Wildman–Crippen LogP) is 2.67. The second-order valence-corrected chi connectivity index (χ2v) is 7.32. The largest absolute Gasteiger partial charge is 0.497 e. The summed E-state index contributed by atoms with van der Waals surface area (Å²) in [6.07, 6.45) is 1.92. The normalized spacial score (nSPS) is 16.6. The smallest absolute Gasteiger partial charge is 0.409 e. The summed E-state index contributed by atoms with van der Waals surface area (Å²) in [6, 6.07) is 9.60. The molecule has 2 aromatic rings. The average Bonchev–Trinajstić information content (AvgIpc) is 3.52. The van der Waals surface area contributed by atoms with E-state index in [0.717, 1.165) is 30.0 Å². The summed E-state index contributed by atoms with van der Waals surface area (Å²) >= 11 is 0. The van der Waals surface area contributed by atoms with E-state index in [9.17, 15) is 9.59 Å². The van der Waals surface area contributed by atoms with Gasteiger partial charge in [-0.1, -0.05) is 0 Å². The number of hydrogen-bond acceptors (Lipinski definition) is 5. The van der Waals surface area contributed by atoms with Gasteiger partial charge in [0, 0.05) is 37.8 Å². The van der Waals surface area contributed by atoms with Crippen LogP contribution in [0.15, 0.2) is 30.3 Å². The lowest BCUT2D eigenvalue weighted by Crippen LogP contribution is -2.50. The fourth-order valence-electron chi connectivity index (χ4n) is 3.57. The van der Waals surface area contributed by atoms with Crippen molar-refractivity contribution in [3.8, 4) is 11.4 Å². The molecule has 1 saturated heterocycles. The van der Waals surface area contributed by atoms with Crippen LogP contribution in [-0.4, -0.2) is 71.5 Å². The van der Waals surface area contributed by atoms with Crippen molar-refractivity contribution in [2.75, 3.05) is 39.9 Å². The number of rotatable bonds is 5. The van der Waals surface area contributed by atoms with Crippen LogP contribution in [0.1, 0.15) is 41.9 Å². The Morgan fingerprint density at radius 2 is 1.72 bits per heavy atom. The van der Waals surface area contributed by atoms with Gasteiger partial charge in [0.1, 0.15) is 5.75 Å². The molecule has 0 N–H and O–H groups in total. The van der Waals surface area contributed by atoms with Gasteiger partial charge in [0.05, 0.1) is 19.4 Å². The van der Waals surface area contributed by atoms with Gasteiger partial charge in [-0.05, 0) is 50.1 Å². The second kappa shape index (κ2) is 8.14. The summed E-state index contributed by atoms with van der Waals surface area (Å²) < 4.78 is 12.1. The van der Waals surface area contributed by atoms with Crippen LogP contribution in [-0.2, 0) is 4.74 Å². The minimum Gasteiger partial charge on any atom is -0.497 e. The summed E-state index contributed by atoms with van der Waals surface area (Å²) in [5.41, 5.74) is 2.44. The van der Waals surface area contributed by atoms with E-state index < -0.39 is 0 Å². The topological polar surface area (TPSA) is 76.9 Å². The predicted molar refractivity (Wildman–Crippen MR) is 107 cm³/mol. The van der Waals surface area contributed by atoms with Gasteiger partial charge in [-0.25, -0.2) is 9.48 Å². The maximum absolute atomic E-state index is 13.0. The van der Waals surface area contributed by atoms with E-state index in [0.29, 0.717) is 44.4 Å². The molecule has 29 heavy (non-hydrogen) atoms. The Kier molecular flexibility index (Phi) is 5.42. The van der Waals surface area contributed by atoms with Crippen molar-refractivity contribution in [1.82, 2.24) is 19.6 Å². The van der Waals surface area contributed by atoms with Crippen LogP contribution in [0.4, 0.5) is 4.79 Å². The number of ether oxygens (including phenoxy) is 2. The number of nitrogens with zero attached hydrogens (tertiary/aromatic N) is 4. The maximum atomic E-state index is 13.0. The molecule has 8 heteroatoms. The van der Waals surface area contributed by atoms with E-state index in [1.807, 2.05) is 35.0 Å². The van der Waals surface area contributed by atoms with Gasteiger partial charge >= 0.3 is 6.09 Å². The highest BCUT2D eigenvalue weighted by Crippen LogP contribution is 2.41. The average molecular weight is 398 g/mol. The minimum atomic E-state index is -0.320. The molecule has 1 aromatic heterocycles. The highest BCUT2D eigenvalue weighted by atomic mass is 16.6. The van der Waals surface area contributed by atoms with E-state index >= 15 is 0 Å². The molecule has 0 bridgehead atoms. The van der Waals surface area contributed by atoms with Gasteiger partial charge in [0.2, 0.25) is 0 Å². The number of carbonyl (C=O) groups is 2. The number of benzene rings is 1. The Morgan fingerprint density at radius 1 is 1.07 bits per heavy atom. The fourth-order valence-corrected chi connectivity index (χ4v) is 3.57. The van der Waals surface area contributed by atoms with Crippen molar-refractivity contribution in [2.24, 2.45) is 0 Å². The maximum Gasteiger partial charge on any atom is 0.409 e. The summed E-state index contributed by atoms with van der Waals surface area (Å²) in [7, 11) is 1.64. The van der Waals surface area contributed by atoms with Crippen LogP contribution in [0, 0.1) is 0 Å². The van der Waals surface area contributed by atoms with Crippen LogP contribution in [0.2, 0.25) is 0 Å². The Morgan fingerprint density at radius 3 is 2.31 bits per heavy atom. The summed E-state index contributed by atoms with van der Waals surface area (Å²) in [5, 5.41) is 4.64. The van der Waals surface area contributed by atoms with Crippen molar-refractivity contribution in [1.29, 1.82) is 0 Å². The molecule has 8 nitrogen and oxygen atoms in total. The lowest BCUT2D eigenvalue weighted by molar-refractivity contribution is 0.0565. The molecule has 2 amide bonds.